The second-order valence-electron chi connectivity index (χ2n) is 4.94. The Morgan fingerprint density at radius 2 is 2.00 bits per heavy atom. The first-order valence-corrected chi connectivity index (χ1v) is 6.41. The Kier molecular flexibility index (Phi) is 5.92. The lowest BCUT2D eigenvalue weighted by Crippen LogP contribution is -2.44. The number of hydrogen-bond acceptors (Lipinski definition) is 4. The van der Waals surface area contributed by atoms with E-state index in [-0.39, 0.29) is 12.0 Å². The molecule has 0 aromatic heterocycles. The Labute approximate surface area is 104 Å². The van der Waals surface area contributed by atoms with Crippen LogP contribution in [0.2, 0.25) is 0 Å². The summed E-state index contributed by atoms with van der Waals surface area (Å²) in [5.74, 6) is 0.662. The van der Waals surface area contributed by atoms with Crippen molar-refractivity contribution < 1.29 is 14.3 Å². The third-order valence-corrected chi connectivity index (χ3v) is 3.64. The molecule has 1 aliphatic rings. The molecule has 17 heavy (non-hydrogen) atoms. The maximum Gasteiger partial charge on any atom is 0.307 e. The van der Waals surface area contributed by atoms with Crippen molar-refractivity contribution in [2.24, 2.45) is 5.92 Å². The van der Waals surface area contributed by atoms with Crippen molar-refractivity contribution in [3.63, 3.8) is 0 Å². The molecule has 1 aliphatic carbocycles. The van der Waals surface area contributed by atoms with Gasteiger partial charge in [-0.15, -0.1) is 0 Å². The molecule has 0 aliphatic heterocycles. The number of carbonyl (C=O) groups excluding carboxylic acids is 1. The highest BCUT2D eigenvalue weighted by atomic mass is 16.5. The summed E-state index contributed by atoms with van der Waals surface area (Å²) < 4.78 is 9.88. The molecule has 4 nitrogen and oxygen atoms in total. The molecule has 2 atom stereocenters. The molecule has 0 heterocycles. The van der Waals surface area contributed by atoms with E-state index < -0.39 is 0 Å². The number of nitrogens with zero attached hydrogens (tertiary/aromatic N) is 1. The van der Waals surface area contributed by atoms with Crippen molar-refractivity contribution in [1.29, 1.82) is 0 Å². The molecule has 0 aromatic rings. The van der Waals surface area contributed by atoms with Crippen LogP contribution in [-0.4, -0.2) is 50.3 Å². The predicted molar refractivity (Wildman–Crippen MR) is 66.9 cm³/mol. The topological polar surface area (TPSA) is 38.8 Å². The number of methoxy groups -OCH3 is 2. The van der Waals surface area contributed by atoms with Gasteiger partial charge in [0.2, 0.25) is 0 Å². The molecule has 4 heteroatoms. The van der Waals surface area contributed by atoms with Crippen molar-refractivity contribution in [1.82, 2.24) is 4.90 Å². The van der Waals surface area contributed by atoms with Crippen LogP contribution in [0.15, 0.2) is 0 Å². The average molecular weight is 243 g/mol. The quantitative estimate of drug-likeness (QED) is 0.608. The molecule has 1 rings (SSSR count). The summed E-state index contributed by atoms with van der Waals surface area (Å²) in [5.41, 5.74) is 0. The van der Waals surface area contributed by atoms with Crippen LogP contribution in [0.4, 0.5) is 0 Å². The Balaban J connectivity index is 2.50. The van der Waals surface area contributed by atoms with Gasteiger partial charge in [-0.05, 0) is 32.6 Å². The number of hydrogen-bond donors (Lipinski definition) is 0. The van der Waals surface area contributed by atoms with E-state index in [9.17, 15) is 4.79 Å². The van der Waals surface area contributed by atoms with Gasteiger partial charge in [0.05, 0.1) is 20.1 Å². The van der Waals surface area contributed by atoms with Gasteiger partial charge in [-0.25, -0.2) is 0 Å². The zero-order chi connectivity index (χ0) is 12.8. The summed E-state index contributed by atoms with van der Waals surface area (Å²) in [5, 5.41) is 0. The summed E-state index contributed by atoms with van der Waals surface area (Å²) in [6, 6.07) is 0.748. The molecule has 0 spiro atoms. The van der Waals surface area contributed by atoms with E-state index in [2.05, 4.69) is 18.7 Å². The summed E-state index contributed by atoms with van der Waals surface area (Å²) in [4.78, 5) is 13.7. The van der Waals surface area contributed by atoms with Gasteiger partial charge in [0.1, 0.15) is 0 Å². The lowest BCUT2D eigenvalue weighted by molar-refractivity contribution is -0.142. The second-order valence-corrected chi connectivity index (χ2v) is 4.94. The molecule has 0 amide bonds. The van der Waals surface area contributed by atoms with E-state index in [1.165, 1.54) is 20.0 Å². The first kappa shape index (κ1) is 14.5. The molecule has 0 bridgehead atoms. The molecule has 0 N–H and O–H groups in total. The van der Waals surface area contributed by atoms with Gasteiger partial charge < -0.3 is 9.47 Å². The van der Waals surface area contributed by atoms with Crippen molar-refractivity contribution in [3.8, 4) is 0 Å². The lowest BCUT2D eigenvalue weighted by atomic mass is 10.1. The Bertz CT molecular complexity index is 241. The molecule has 0 radical (unpaired) electrons. The van der Waals surface area contributed by atoms with E-state index in [0.29, 0.717) is 19.1 Å². The first-order chi connectivity index (χ1) is 8.10. The first-order valence-electron chi connectivity index (χ1n) is 6.41. The van der Waals surface area contributed by atoms with Crippen LogP contribution in [0.3, 0.4) is 0 Å². The predicted octanol–water partition coefficient (Wildman–Crippen LogP) is 1.68. The number of ether oxygens (including phenoxy) is 2. The molecular formula is C13H25NO3. The van der Waals surface area contributed by atoms with Gasteiger partial charge in [-0.3, -0.25) is 9.69 Å². The van der Waals surface area contributed by atoms with Crippen LogP contribution in [0, 0.1) is 5.92 Å². The molecule has 100 valence electrons. The second kappa shape index (κ2) is 6.97. The average Bonchev–Trinajstić information content (AvgIpc) is 3.12. The Morgan fingerprint density at radius 1 is 1.35 bits per heavy atom. The fraction of sp³-hybridized carbons (Fsp3) is 0.923. The normalized spacial score (nSPS) is 19.1. The lowest BCUT2D eigenvalue weighted by Gasteiger charge is -2.34. The minimum Gasteiger partial charge on any atom is -0.469 e. The smallest absolute Gasteiger partial charge is 0.307 e. The van der Waals surface area contributed by atoms with Gasteiger partial charge in [-0.1, -0.05) is 0 Å². The number of rotatable bonds is 8. The standard InChI is InChI=1S/C13H25NO3/c1-10(9-13(15)17-4)14(7-8-16-3)11(2)12-5-6-12/h10-12H,5-9H2,1-4H3. The van der Waals surface area contributed by atoms with E-state index in [4.69, 9.17) is 9.47 Å². The third-order valence-electron chi connectivity index (χ3n) is 3.64. The highest BCUT2D eigenvalue weighted by Gasteiger charge is 2.34. The molecule has 2 unspecified atom stereocenters. The fourth-order valence-corrected chi connectivity index (χ4v) is 2.31. The maximum atomic E-state index is 11.3. The van der Waals surface area contributed by atoms with Crippen LogP contribution in [0.1, 0.15) is 33.1 Å². The number of carbonyl (C=O) groups is 1. The Morgan fingerprint density at radius 3 is 2.47 bits per heavy atom. The van der Waals surface area contributed by atoms with Crippen molar-refractivity contribution in [2.45, 2.75) is 45.2 Å². The fourth-order valence-electron chi connectivity index (χ4n) is 2.31. The largest absolute Gasteiger partial charge is 0.469 e. The molecular weight excluding hydrogens is 218 g/mol. The van der Waals surface area contributed by atoms with E-state index >= 15 is 0 Å². The highest BCUT2D eigenvalue weighted by Crippen LogP contribution is 2.36. The molecule has 1 saturated carbocycles. The van der Waals surface area contributed by atoms with Gasteiger partial charge >= 0.3 is 5.97 Å². The van der Waals surface area contributed by atoms with E-state index in [1.807, 2.05) is 0 Å². The van der Waals surface area contributed by atoms with Crippen LogP contribution in [-0.2, 0) is 14.3 Å². The van der Waals surface area contributed by atoms with Gasteiger partial charge in [0.15, 0.2) is 0 Å². The summed E-state index contributed by atoms with van der Waals surface area (Å²) >= 11 is 0. The molecule has 0 aromatic carbocycles. The Hall–Kier alpha value is -0.610. The van der Waals surface area contributed by atoms with Crippen LogP contribution in [0.5, 0.6) is 0 Å². The zero-order valence-electron chi connectivity index (χ0n) is 11.4. The molecule has 0 saturated heterocycles. The summed E-state index contributed by atoms with van der Waals surface area (Å²) in [7, 11) is 3.16. The van der Waals surface area contributed by atoms with Gasteiger partial charge in [-0.2, -0.15) is 0 Å². The third kappa shape index (κ3) is 4.64. The van der Waals surface area contributed by atoms with Crippen molar-refractivity contribution in [2.75, 3.05) is 27.4 Å². The van der Waals surface area contributed by atoms with Crippen LogP contribution in [0.25, 0.3) is 0 Å². The zero-order valence-corrected chi connectivity index (χ0v) is 11.4. The minimum absolute atomic E-state index is 0.136. The highest BCUT2D eigenvalue weighted by molar-refractivity contribution is 5.69. The SMILES string of the molecule is COCCN(C(C)CC(=O)OC)C(C)C1CC1. The monoisotopic (exact) mass is 243 g/mol. The minimum atomic E-state index is -0.136. The van der Waals surface area contributed by atoms with Crippen LogP contribution >= 0.6 is 0 Å². The van der Waals surface area contributed by atoms with Crippen molar-refractivity contribution >= 4 is 5.97 Å². The van der Waals surface area contributed by atoms with E-state index in [0.717, 1.165) is 12.5 Å². The van der Waals surface area contributed by atoms with Gasteiger partial charge in [0, 0.05) is 25.7 Å². The van der Waals surface area contributed by atoms with Crippen LogP contribution < -0.4 is 0 Å². The van der Waals surface area contributed by atoms with E-state index in [1.54, 1.807) is 7.11 Å². The van der Waals surface area contributed by atoms with Gasteiger partial charge in [0.25, 0.3) is 0 Å². The number of esters is 1. The van der Waals surface area contributed by atoms with Crippen molar-refractivity contribution in [3.05, 3.63) is 0 Å². The maximum absolute atomic E-state index is 11.3. The summed E-state index contributed by atoms with van der Waals surface area (Å²) in [6.45, 7) is 5.93. The molecule has 1 fully saturated rings. The summed E-state index contributed by atoms with van der Waals surface area (Å²) in [6.07, 6.45) is 3.09.